The van der Waals surface area contributed by atoms with Crippen LogP contribution in [0.15, 0.2) is 48.5 Å². The molecule has 1 atom stereocenters. The molecule has 4 heteroatoms. The molecule has 0 unspecified atom stereocenters. The van der Waals surface area contributed by atoms with Crippen LogP contribution in [-0.2, 0) is 9.31 Å². The summed E-state index contributed by atoms with van der Waals surface area (Å²) in [5, 5.41) is 10.6. The average molecular weight is 324 g/mol. The van der Waals surface area contributed by atoms with Crippen molar-refractivity contribution in [2.75, 3.05) is 0 Å². The first-order valence-electron chi connectivity index (χ1n) is 8.40. The van der Waals surface area contributed by atoms with Crippen molar-refractivity contribution in [2.24, 2.45) is 0 Å². The summed E-state index contributed by atoms with van der Waals surface area (Å²) in [4.78, 5) is 0. The van der Waals surface area contributed by atoms with E-state index in [1.54, 1.807) is 0 Å². The Balaban J connectivity index is 1.81. The highest BCUT2D eigenvalue weighted by Gasteiger charge is 2.51. The normalized spacial score (nSPS) is 20.2. The van der Waals surface area contributed by atoms with E-state index in [4.69, 9.17) is 9.31 Å². The molecule has 1 N–H and O–H groups in total. The van der Waals surface area contributed by atoms with Gasteiger partial charge in [0, 0.05) is 0 Å². The molecule has 24 heavy (non-hydrogen) atoms. The van der Waals surface area contributed by atoms with Crippen LogP contribution in [0.3, 0.4) is 0 Å². The van der Waals surface area contributed by atoms with Gasteiger partial charge in [-0.1, -0.05) is 48.5 Å². The van der Waals surface area contributed by atoms with Gasteiger partial charge in [-0.3, -0.25) is 0 Å². The van der Waals surface area contributed by atoms with Crippen LogP contribution in [0.5, 0.6) is 0 Å². The van der Waals surface area contributed by atoms with E-state index in [1.807, 2.05) is 83.1 Å². The number of aliphatic hydroxyl groups excluding tert-OH is 1. The highest BCUT2D eigenvalue weighted by atomic mass is 16.7. The van der Waals surface area contributed by atoms with Crippen LogP contribution in [0.4, 0.5) is 0 Å². The second-order valence-electron chi connectivity index (χ2n) is 7.51. The molecule has 1 aliphatic heterocycles. The van der Waals surface area contributed by atoms with Gasteiger partial charge in [-0.15, -0.1) is 0 Å². The second kappa shape index (κ2) is 6.03. The summed E-state index contributed by atoms with van der Waals surface area (Å²) in [6.45, 7) is 10.2. The van der Waals surface area contributed by atoms with Gasteiger partial charge in [-0.2, -0.15) is 0 Å². The van der Waals surface area contributed by atoms with Gasteiger partial charge in [0.2, 0.25) is 0 Å². The van der Waals surface area contributed by atoms with Crippen molar-refractivity contribution >= 4 is 12.6 Å². The van der Waals surface area contributed by atoms with Crippen LogP contribution in [0.1, 0.15) is 50.5 Å². The van der Waals surface area contributed by atoms with Crippen molar-refractivity contribution in [3.8, 4) is 0 Å². The Kier molecular flexibility index (Phi) is 4.33. The Hall–Kier alpha value is -1.62. The largest absolute Gasteiger partial charge is 0.494 e. The quantitative estimate of drug-likeness (QED) is 0.880. The number of hydrogen-bond donors (Lipinski definition) is 1. The van der Waals surface area contributed by atoms with Crippen molar-refractivity contribution < 1.29 is 14.4 Å². The molecule has 0 radical (unpaired) electrons. The molecule has 2 aromatic rings. The number of aliphatic hydroxyl groups is 1. The summed E-state index contributed by atoms with van der Waals surface area (Å²) >= 11 is 0. The molecule has 0 bridgehead atoms. The third-order valence-corrected chi connectivity index (χ3v) is 5.26. The molecule has 3 nitrogen and oxygen atoms in total. The summed E-state index contributed by atoms with van der Waals surface area (Å²) in [5.41, 5.74) is 3.15. The van der Waals surface area contributed by atoms with Crippen LogP contribution in [0, 0.1) is 6.92 Å². The zero-order chi connectivity index (χ0) is 17.5. The van der Waals surface area contributed by atoms with Gasteiger partial charge in [0.1, 0.15) is 6.10 Å². The zero-order valence-corrected chi connectivity index (χ0v) is 15.0. The maximum Gasteiger partial charge on any atom is 0.494 e. The lowest BCUT2D eigenvalue weighted by molar-refractivity contribution is 0.00578. The SMILES string of the molecule is Cc1ccccc1[C@@H](O)c1ccc(B2OC(C)(C)C(C)(C)O2)cc1. The molecular formula is C20H25BO3. The lowest BCUT2D eigenvalue weighted by atomic mass is 9.78. The minimum absolute atomic E-state index is 0.350. The van der Waals surface area contributed by atoms with E-state index in [2.05, 4.69) is 0 Å². The second-order valence-corrected chi connectivity index (χ2v) is 7.51. The Morgan fingerprint density at radius 2 is 1.42 bits per heavy atom. The summed E-state index contributed by atoms with van der Waals surface area (Å²) in [6.07, 6.45) is -0.626. The lowest BCUT2D eigenvalue weighted by Crippen LogP contribution is -2.41. The number of aryl methyl sites for hydroxylation is 1. The van der Waals surface area contributed by atoms with Gasteiger partial charge in [0.05, 0.1) is 11.2 Å². The number of benzene rings is 2. The minimum atomic E-state index is -0.626. The minimum Gasteiger partial charge on any atom is -0.399 e. The first-order chi connectivity index (χ1) is 11.2. The standard InChI is InChI=1S/C20H25BO3/c1-14-8-6-7-9-17(14)18(22)15-10-12-16(13-11-15)21-23-19(2,3)20(4,5)24-21/h6-13,18,22H,1-5H3/t18-/m0/s1. The van der Waals surface area contributed by atoms with E-state index in [9.17, 15) is 5.11 Å². The van der Waals surface area contributed by atoms with E-state index in [1.165, 1.54) is 0 Å². The first-order valence-corrected chi connectivity index (χ1v) is 8.40. The molecule has 2 aromatic carbocycles. The summed E-state index contributed by atoms with van der Waals surface area (Å²) < 4.78 is 12.1. The van der Waals surface area contributed by atoms with E-state index in [0.717, 1.165) is 22.2 Å². The third kappa shape index (κ3) is 3.02. The smallest absolute Gasteiger partial charge is 0.399 e. The van der Waals surface area contributed by atoms with Crippen molar-refractivity contribution in [1.29, 1.82) is 0 Å². The van der Waals surface area contributed by atoms with Gasteiger partial charge < -0.3 is 14.4 Å². The molecule has 0 spiro atoms. The average Bonchev–Trinajstić information content (AvgIpc) is 2.75. The van der Waals surface area contributed by atoms with Gasteiger partial charge >= 0.3 is 7.12 Å². The Bertz CT molecular complexity index is 706. The predicted octanol–water partition coefficient (Wildman–Crippen LogP) is 3.38. The molecule has 1 aliphatic rings. The lowest BCUT2D eigenvalue weighted by Gasteiger charge is -2.32. The van der Waals surface area contributed by atoms with E-state index in [0.29, 0.717) is 0 Å². The topological polar surface area (TPSA) is 38.7 Å². The maximum atomic E-state index is 10.6. The van der Waals surface area contributed by atoms with Gasteiger partial charge in [0.15, 0.2) is 0 Å². The summed E-state index contributed by atoms with van der Waals surface area (Å²) in [6, 6.07) is 15.7. The molecule has 126 valence electrons. The molecule has 1 fully saturated rings. The molecule has 0 saturated carbocycles. The van der Waals surface area contributed by atoms with Gasteiger partial charge in [-0.25, -0.2) is 0 Å². The van der Waals surface area contributed by atoms with Crippen LogP contribution in [-0.4, -0.2) is 23.4 Å². The van der Waals surface area contributed by atoms with Gasteiger partial charge in [0.25, 0.3) is 0 Å². The fourth-order valence-electron chi connectivity index (χ4n) is 2.89. The van der Waals surface area contributed by atoms with Crippen LogP contribution >= 0.6 is 0 Å². The summed E-state index contributed by atoms with van der Waals surface area (Å²) in [5.74, 6) is 0. The van der Waals surface area contributed by atoms with Crippen molar-refractivity contribution in [3.05, 3.63) is 65.2 Å². The maximum absolute atomic E-state index is 10.6. The van der Waals surface area contributed by atoms with Crippen LogP contribution in [0.25, 0.3) is 0 Å². The van der Waals surface area contributed by atoms with Gasteiger partial charge in [-0.05, 0) is 56.8 Å². The van der Waals surface area contributed by atoms with Crippen LogP contribution < -0.4 is 5.46 Å². The highest BCUT2D eigenvalue weighted by Crippen LogP contribution is 2.36. The summed E-state index contributed by atoms with van der Waals surface area (Å²) in [7, 11) is -0.375. The molecule has 0 aliphatic carbocycles. The Morgan fingerprint density at radius 1 is 0.875 bits per heavy atom. The Morgan fingerprint density at radius 3 is 1.96 bits per heavy atom. The fraction of sp³-hybridized carbons (Fsp3) is 0.400. The first kappa shape index (κ1) is 17.2. The van der Waals surface area contributed by atoms with Crippen molar-refractivity contribution in [3.63, 3.8) is 0 Å². The third-order valence-electron chi connectivity index (χ3n) is 5.26. The fourth-order valence-corrected chi connectivity index (χ4v) is 2.89. The van der Waals surface area contributed by atoms with Crippen LogP contribution in [0.2, 0.25) is 0 Å². The number of hydrogen-bond acceptors (Lipinski definition) is 3. The predicted molar refractivity (Wildman–Crippen MR) is 97.4 cm³/mol. The van der Waals surface area contributed by atoms with E-state index < -0.39 is 6.10 Å². The highest BCUT2D eigenvalue weighted by molar-refractivity contribution is 6.62. The zero-order valence-electron chi connectivity index (χ0n) is 15.0. The molecule has 0 aromatic heterocycles. The molecule has 0 amide bonds. The Labute approximate surface area is 144 Å². The molecule has 1 saturated heterocycles. The molecule has 1 heterocycles. The number of rotatable bonds is 3. The molecular weight excluding hydrogens is 299 g/mol. The van der Waals surface area contributed by atoms with Crippen molar-refractivity contribution in [2.45, 2.75) is 51.9 Å². The van der Waals surface area contributed by atoms with Crippen molar-refractivity contribution in [1.82, 2.24) is 0 Å². The van der Waals surface area contributed by atoms with E-state index >= 15 is 0 Å². The molecule has 3 rings (SSSR count). The monoisotopic (exact) mass is 324 g/mol. The van der Waals surface area contributed by atoms with E-state index in [-0.39, 0.29) is 18.3 Å².